The van der Waals surface area contributed by atoms with Gasteiger partial charge < -0.3 is 21.5 Å². The fraction of sp³-hybridized carbons (Fsp3) is 0.167. The smallest absolute Gasteiger partial charge is 0.219 e. The van der Waals surface area contributed by atoms with Crippen molar-refractivity contribution in [2.45, 2.75) is 6.42 Å². The lowest BCUT2D eigenvalue weighted by Gasteiger charge is -2.16. The van der Waals surface area contributed by atoms with Gasteiger partial charge in [-0.05, 0) is 18.1 Å². The van der Waals surface area contributed by atoms with E-state index in [-0.39, 0.29) is 27.9 Å². The predicted octanol–water partition coefficient (Wildman–Crippen LogP) is 2.43. The molecule has 0 aliphatic rings. The summed E-state index contributed by atoms with van der Waals surface area (Å²) >= 11 is 6.10. The van der Waals surface area contributed by atoms with Crippen LogP contribution in [0.15, 0.2) is 24.8 Å². The Morgan fingerprint density at radius 3 is 2.62 bits per heavy atom. The first-order valence-electron chi connectivity index (χ1n) is 8.33. The molecule has 148 valence electrons. The monoisotopic (exact) mass is 414 g/mol. The lowest BCUT2D eigenvalue weighted by atomic mass is 10.0. The molecule has 0 saturated heterocycles. The van der Waals surface area contributed by atoms with Gasteiger partial charge in [0.15, 0.2) is 5.82 Å². The molecule has 29 heavy (non-hydrogen) atoms. The van der Waals surface area contributed by atoms with Gasteiger partial charge in [-0.2, -0.15) is 5.26 Å². The average molecular weight is 415 g/mol. The second-order valence-corrected chi connectivity index (χ2v) is 6.25. The Kier molecular flexibility index (Phi) is 5.90. The van der Waals surface area contributed by atoms with E-state index in [1.54, 1.807) is 0 Å². The van der Waals surface area contributed by atoms with Crippen molar-refractivity contribution in [1.29, 1.82) is 5.26 Å². The van der Waals surface area contributed by atoms with Crippen molar-refractivity contribution in [3.05, 3.63) is 46.8 Å². The van der Waals surface area contributed by atoms with Crippen molar-refractivity contribution in [2.75, 3.05) is 30.4 Å². The Labute approximate surface area is 170 Å². The first-order chi connectivity index (χ1) is 14.0. The average Bonchev–Trinajstić information content (AvgIpc) is 2.71. The number of aromatic nitrogens is 4. The maximum absolute atomic E-state index is 14.8. The number of rotatable bonds is 6. The number of benzene rings is 1. The van der Waals surface area contributed by atoms with Crippen molar-refractivity contribution < 1.29 is 9.13 Å². The third kappa shape index (κ3) is 4.09. The highest BCUT2D eigenvalue weighted by Gasteiger charge is 2.20. The number of halogens is 2. The lowest BCUT2D eigenvalue weighted by Crippen LogP contribution is -2.11. The number of hydrogen-bond donors (Lipinski definition) is 3. The molecule has 3 aromatic rings. The van der Waals surface area contributed by atoms with Crippen molar-refractivity contribution in [3.8, 4) is 22.9 Å². The summed E-state index contributed by atoms with van der Waals surface area (Å²) in [7, 11) is 1.43. The van der Waals surface area contributed by atoms with Crippen LogP contribution in [-0.4, -0.2) is 33.6 Å². The van der Waals surface area contributed by atoms with Gasteiger partial charge in [-0.1, -0.05) is 11.6 Å². The molecule has 0 aliphatic heterocycles. The van der Waals surface area contributed by atoms with Gasteiger partial charge >= 0.3 is 0 Å². The standard InChI is InChI=1S/C18H16ClFN8O/c1-29-15-9(2-3-24-17-11(5-21)16(22)27-8-28-17)4-12(19)14(20)13(15)10-6-25-18(23)26-7-10/h4,6-8H,2-3H2,1H3,(H2,23,25,26)(H3,22,24,27,28). The largest absolute Gasteiger partial charge is 0.496 e. The second-order valence-electron chi connectivity index (χ2n) is 5.84. The molecule has 5 N–H and O–H groups in total. The Bertz CT molecular complexity index is 1080. The van der Waals surface area contributed by atoms with E-state index in [4.69, 9.17) is 27.8 Å². The van der Waals surface area contributed by atoms with Crippen LogP contribution in [0, 0.1) is 17.1 Å². The summed E-state index contributed by atoms with van der Waals surface area (Å²) in [5.41, 5.74) is 12.5. The molecule has 1 aromatic carbocycles. The van der Waals surface area contributed by atoms with Crippen LogP contribution < -0.4 is 21.5 Å². The maximum Gasteiger partial charge on any atom is 0.219 e. The fourth-order valence-electron chi connectivity index (χ4n) is 2.76. The van der Waals surface area contributed by atoms with Crippen molar-refractivity contribution in [2.24, 2.45) is 0 Å². The third-order valence-corrected chi connectivity index (χ3v) is 4.36. The minimum Gasteiger partial charge on any atom is -0.496 e. The third-order valence-electron chi connectivity index (χ3n) is 4.09. The summed E-state index contributed by atoms with van der Waals surface area (Å²) in [6.07, 6.45) is 4.43. The van der Waals surface area contributed by atoms with Crippen LogP contribution in [0.5, 0.6) is 5.75 Å². The number of methoxy groups -OCH3 is 1. The van der Waals surface area contributed by atoms with E-state index in [1.165, 1.54) is 31.9 Å². The molecule has 11 heteroatoms. The molecule has 0 spiro atoms. The molecule has 0 bridgehead atoms. The SMILES string of the molecule is COc1c(CCNc2ncnc(N)c2C#N)cc(Cl)c(F)c1-c1cnc(N)nc1. The predicted molar refractivity (Wildman–Crippen MR) is 107 cm³/mol. The number of hydrogen-bond acceptors (Lipinski definition) is 9. The highest BCUT2D eigenvalue weighted by molar-refractivity contribution is 6.31. The minimum atomic E-state index is -0.649. The highest BCUT2D eigenvalue weighted by atomic mass is 35.5. The van der Waals surface area contributed by atoms with Crippen molar-refractivity contribution in [3.63, 3.8) is 0 Å². The van der Waals surface area contributed by atoms with Crippen LogP contribution in [0.2, 0.25) is 5.02 Å². The molecular weight excluding hydrogens is 399 g/mol. The highest BCUT2D eigenvalue weighted by Crippen LogP contribution is 2.39. The molecule has 9 nitrogen and oxygen atoms in total. The minimum absolute atomic E-state index is 0.0667. The number of anilines is 3. The van der Waals surface area contributed by atoms with Crippen molar-refractivity contribution in [1.82, 2.24) is 19.9 Å². The fourth-order valence-corrected chi connectivity index (χ4v) is 2.99. The van der Waals surface area contributed by atoms with Gasteiger partial charge in [0.2, 0.25) is 5.95 Å². The van der Waals surface area contributed by atoms with Crippen LogP contribution in [0.1, 0.15) is 11.1 Å². The molecule has 0 radical (unpaired) electrons. The van der Waals surface area contributed by atoms with Gasteiger partial charge in [-0.15, -0.1) is 0 Å². The molecule has 0 unspecified atom stereocenters. The van der Waals surface area contributed by atoms with E-state index < -0.39 is 5.82 Å². The normalized spacial score (nSPS) is 10.4. The Balaban J connectivity index is 1.91. The van der Waals surface area contributed by atoms with Crippen LogP contribution in [0.3, 0.4) is 0 Å². The molecule has 0 atom stereocenters. The lowest BCUT2D eigenvalue weighted by molar-refractivity contribution is 0.408. The number of ether oxygens (including phenoxy) is 1. The van der Waals surface area contributed by atoms with Crippen molar-refractivity contribution >= 4 is 29.2 Å². The molecule has 0 aliphatic carbocycles. The molecule has 0 amide bonds. The number of nitrogen functional groups attached to an aromatic ring is 2. The second kappa shape index (κ2) is 8.53. The number of nitrogens with zero attached hydrogens (tertiary/aromatic N) is 5. The number of nitrogens with two attached hydrogens (primary N) is 2. The van der Waals surface area contributed by atoms with Gasteiger partial charge in [-0.3, -0.25) is 0 Å². The summed E-state index contributed by atoms with van der Waals surface area (Å²) in [5.74, 6) is 0.100. The first-order valence-corrected chi connectivity index (χ1v) is 8.71. The number of nitriles is 1. The zero-order chi connectivity index (χ0) is 21.0. The van der Waals surface area contributed by atoms with Gasteiger partial charge in [0.1, 0.15) is 35.3 Å². The van der Waals surface area contributed by atoms with Gasteiger partial charge in [0.25, 0.3) is 0 Å². The summed E-state index contributed by atoms with van der Waals surface area (Å²) in [4.78, 5) is 15.6. The Morgan fingerprint density at radius 1 is 1.24 bits per heavy atom. The van der Waals surface area contributed by atoms with Crippen LogP contribution >= 0.6 is 11.6 Å². The molecule has 0 saturated carbocycles. The molecule has 2 heterocycles. The topological polar surface area (TPSA) is 149 Å². The molecular formula is C18H16ClFN8O. The summed E-state index contributed by atoms with van der Waals surface area (Å²) in [6.45, 7) is 0.348. The maximum atomic E-state index is 14.8. The van der Waals surface area contributed by atoms with Crippen LogP contribution in [-0.2, 0) is 6.42 Å². The Morgan fingerprint density at radius 2 is 1.97 bits per heavy atom. The van der Waals surface area contributed by atoms with Gasteiger partial charge in [0.05, 0.1) is 17.7 Å². The van der Waals surface area contributed by atoms with E-state index in [2.05, 4.69) is 25.3 Å². The van der Waals surface area contributed by atoms with Gasteiger partial charge in [-0.25, -0.2) is 24.3 Å². The molecule has 3 rings (SSSR count). The molecule has 2 aromatic heterocycles. The first kappa shape index (κ1) is 20.0. The number of nitrogens with one attached hydrogen (secondary N) is 1. The van der Waals surface area contributed by atoms with E-state index in [1.807, 2.05) is 6.07 Å². The van der Waals surface area contributed by atoms with E-state index in [0.717, 1.165) is 0 Å². The van der Waals surface area contributed by atoms with Crippen LogP contribution in [0.25, 0.3) is 11.1 Å². The van der Waals surface area contributed by atoms with E-state index in [0.29, 0.717) is 35.7 Å². The quantitative estimate of drug-likeness (QED) is 0.552. The van der Waals surface area contributed by atoms with Gasteiger partial charge in [0, 0.05) is 24.5 Å². The van der Waals surface area contributed by atoms with Crippen LogP contribution in [0.4, 0.5) is 22.0 Å². The molecule has 0 fully saturated rings. The Hall–Kier alpha value is -3.71. The summed E-state index contributed by atoms with van der Waals surface area (Å²) in [6, 6.07) is 3.44. The summed E-state index contributed by atoms with van der Waals surface area (Å²) in [5, 5.41) is 12.1. The van der Waals surface area contributed by atoms with E-state index in [9.17, 15) is 9.65 Å². The zero-order valence-corrected chi connectivity index (χ0v) is 16.0. The zero-order valence-electron chi connectivity index (χ0n) is 15.3. The summed E-state index contributed by atoms with van der Waals surface area (Å²) < 4.78 is 20.2. The van der Waals surface area contributed by atoms with E-state index >= 15 is 0 Å².